The van der Waals surface area contributed by atoms with Gasteiger partial charge in [0.25, 0.3) is 0 Å². The number of ether oxygens (including phenoxy) is 1. The van der Waals surface area contributed by atoms with Crippen LogP contribution >= 0.6 is 15.9 Å². The summed E-state index contributed by atoms with van der Waals surface area (Å²) in [6.07, 6.45) is -4.68. The third-order valence-corrected chi connectivity index (χ3v) is 2.77. The van der Waals surface area contributed by atoms with Crippen LogP contribution in [0, 0.1) is 5.82 Å². The average Bonchev–Trinajstić information content (AvgIpc) is 2.32. The average molecular weight is 352 g/mol. The number of rotatable bonds is 2. The first kappa shape index (κ1) is 14.5. The molecule has 0 amide bonds. The highest BCUT2D eigenvalue weighted by molar-refractivity contribution is 9.10. The molecule has 2 N–H and O–H groups in total. The molecule has 0 spiro atoms. The maximum atomic E-state index is 13.3. The fourth-order valence-electron chi connectivity index (χ4n) is 1.30. The van der Waals surface area contributed by atoms with Crippen molar-refractivity contribution in [2.45, 2.75) is 6.18 Å². The molecule has 0 atom stereocenters. The Labute approximate surface area is 118 Å². The Kier molecular flexibility index (Phi) is 3.80. The van der Waals surface area contributed by atoms with Crippen molar-refractivity contribution in [1.82, 2.24) is 9.97 Å². The number of benzene rings is 1. The second-order valence-corrected chi connectivity index (χ2v) is 4.48. The van der Waals surface area contributed by atoms with Gasteiger partial charge in [-0.15, -0.1) is 0 Å². The van der Waals surface area contributed by atoms with Gasteiger partial charge >= 0.3 is 6.18 Å². The molecular formula is C11H6BrF4N3O. The minimum absolute atomic E-state index is 0.0167. The summed E-state index contributed by atoms with van der Waals surface area (Å²) in [5, 5.41) is 0. The van der Waals surface area contributed by atoms with Crippen LogP contribution in [0.3, 0.4) is 0 Å². The molecule has 0 unspecified atom stereocenters. The van der Waals surface area contributed by atoms with Crippen LogP contribution in [0.4, 0.5) is 23.5 Å². The molecule has 0 saturated heterocycles. The largest absolute Gasteiger partial charge is 0.439 e. The minimum Gasteiger partial charge on any atom is -0.439 e. The fourth-order valence-corrected chi connectivity index (χ4v) is 1.55. The van der Waals surface area contributed by atoms with Gasteiger partial charge in [0.05, 0.1) is 4.47 Å². The smallest absolute Gasteiger partial charge is 0.433 e. The molecule has 2 aromatic rings. The van der Waals surface area contributed by atoms with Crippen LogP contribution in [0.25, 0.3) is 0 Å². The van der Waals surface area contributed by atoms with Gasteiger partial charge in [-0.3, -0.25) is 0 Å². The van der Waals surface area contributed by atoms with Crippen molar-refractivity contribution in [3.8, 4) is 11.6 Å². The summed E-state index contributed by atoms with van der Waals surface area (Å²) in [4.78, 5) is 6.56. The first-order chi connectivity index (χ1) is 9.25. The van der Waals surface area contributed by atoms with Crippen molar-refractivity contribution in [2.75, 3.05) is 5.73 Å². The van der Waals surface area contributed by atoms with Crippen LogP contribution in [0.2, 0.25) is 0 Å². The van der Waals surface area contributed by atoms with Crippen LogP contribution in [-0.2, 0) is 6.18 Å². The van der Waals surface area contributed by atoms with Crippen molar-refractivity contribution in [3.63, 3.8) is 0 Å². The standard InChI is InChI=1S/C11H6BrF4N3O/c12-6-2-1-5(3-7(6)13)20-9-4-8(11(14,15)16)18-10(17)19-9/h1-4H,(H2,17,18,19). The zero-order chi connectivity index (χ0) is 14.9. The Hall–Kier alpha value is -1.90. The second kappa shape index (κ2) is 5.23. The van der Waals surface area contributed by atoms with Crippen LogP contribution < -0.4 is 10.5 Å². The van der Waals surface area contributed by atoms with E-state index >= 15 is 0 Å². The van der Waals surface area contributed by atoms with E-state index in [0.717, 1.165) is 6.07 Å². The van der Waals surface area contributed by atoms with Crippen molar-refractivity contribution < 1.29 is 22.3 Å². The molecule has 20 heavy (non-hydrogen) atoms. The number of alkyl halides is 3. The molecule has 4 nitrogen and oxygen atoms in total. The Balaban J connectivity index is 2.33. The van der Waals surface area contributed by atoms with E-state index in [9.17, 15) is 17.6 Å². The predicted octanol–water partition coefficient (Wildman–Crippen LogP) is 3.77. The number of nitrogen functional groups attached to an aromatic ring is 1. The van der Waals surface area contributed by atoms with Gasteiger partial charge in [0, 0.05) is 12.1 Å². The van der Waals surface area contributed by atoms with E-state index < -0.39 is 29.5 Å². The van der Waals surface area contributed by atoms with Gasteiger partial charge in [0.2, 0.25) is 11.8 Å². The summed E-state index contributed by atoms with van der Waals surface area (Å²) in [6.45, 7) is 0. The Morgan fingerprint density at radius 1 is 1.15 bits per heavy atom. The summed E-state index contributed by atoms with van der Waals surface area (Å²) in [6, 6.07) is 4.28. The van der Waals surface area contributed by atoms with E-state index in [0.29, 0.717) is 6.07 Å². The van der Waals surface area contributed by atoms with Crippen molar-refractivity contribution in [1.29, 1.82) is 0 Å². The van der Waals surface area contributed by atoms with E-state index in [-0.39, 0.29) is 10.2 Å². The van der Waals surface area contributed by atoms with E-state index in [1.165, 1.54) is 12.1 Å². The van der Waals surface area contributed by atoms with Gasteiger partial charge in [-0.25, -0.2) is 9.37 Å². The Morgan fingerprint density at radius 3 is 2.45 bits per heavy atom. The van der Waals surface area contributed by atoms with Gasteiger partial charge in [-0.05, 0) is 28.1 Å². The van der Waals surface area contributed by atoms with Crippen molar-refractivity contribution >= 4 is 21.9 Å². The van der Waals surface area contributed by atoms with Crippen molar-refractivity contribution in [2.24, 2.45) is 0 Å². The monoisotopic (exact) mass is 351 g/mol. The first-order valence-electron chi connectivity index (χ1n) is 5.10. The second-order valence-electron chi connectivity index (χ2n) is 3.63. The molecule has 1 heterocycles. The molecule has 0 aliphatic rings. The lowest BCUT2D eigenvalue weighted by Gasteiger charge is -2.09. The number of aromatic nitrogens is 2. The highest BCUT2D eigenvalue weighted by Gasteiger charge is 2.33. The Bertz CT molecular complexity index is 648. The maximum Gasteiger partial charge on any atom is 0.433 e. The minimum atomic E-state index is -4.68. The molecule has 9 heteroatoms. The number of hydrogen-bond donors (Lipinski definition) is 1. The lowest BCUT2D eigenvalue weighted by molar-refractivity contribution is -0.141. The molecule has 0 bridgehead atoms. The quantitative estimate of drug-likeness (QED) is 0.836. The highest BCUT2D eigenvalue weighted by atomic mass is 79.9. The van der Waals surface area contributed by atoms with E-state index in [2.05, 4.69) is 25.9 Å². The van der Waals surface area contributed by atoms with E-state index in [1.807, 2.05) is 0 Å². The zero-order valence-electron chi connectivity index (χ0n) is 9.58. The lowest BCUT2D eigenvalue weighted by Crippen LogP contribution is -2.11. The predicted molar refractivity (Wildman–Crippen MR) is 65.6 cm³/mol. The number of anilines is 1. The molecule has 1 aromatic heterocycles. The van der Waals surface area contributed by atoms with Gasteiger partial charge in [0.1, 0.15) is 11.6 Å². The summed E-state index contributed by atoms with van der Waals surface area (Å²) in [7, 11) is 0. The summed E-state index contributed by atoms with van der Waals surface area (Å²) in [5.41, 5.74) is 3.94. The third kappa shape index (κ3) is 3.35. The van der Waals surface area contributed by atoms with Gasteiger partial charge in [-0.1, -0.05) is 0 Å². The fraction of sp³-hybridized carbons (Fsp3) is 0.0909. The van der Waals surface area contributed by atoms with Gasteiger partial charge < -0.3 is 10.5 Å². The maximum absolute atomic E-state index is 13.3. The normalized spacial score (nSPS) is 11.4. The van der Waals surface area contributed by atoms with E-state index in [4.69, 9.17) is 10.5 Å². The summed E-state index contributed by atoms with van der Waals surface area (Å²) >= 11 is 2.94. The zero-order valence-corrected chi connectivity index (χ0v) is 11.2. The molecule has 0 aliphatic carbocycles. The molecule has 1 aromatic carbocycles. The third-order valence-electron chi connectivity index (χ3n) is 2.12. The molecular weight excluding hydrogens is 346 g/mol. The topological polar surface area (TPSA) is 61.0 Å². The van der Waals surface area contributed by atoms with Crippen LogP contribution in [-0.4, -0.2) is 9.97 Å². The van der Waals surface area contributed by atoms with Crippen LogP contribution in [0.15, 0.2) is 28.7 Å². The number of nitrogens with two attached hydrogens (primary N) is 1. The molecule has 0 saturated carbocycles. The SMILES string of the molecule is Nc1nc(Oc2ccc(Br)c(F)c2)cc(C(F)(F)F)n1. The van der Waals surface area contributed by atoms with Crippen LogP contribution in [0.1, 0.15) is 5.69 Å². The van der Waals surface area contributed by atoms with Crippen LogP contribution in [0.5, 0.6) is 11.6 Å². The highest BCUT2D eigenvalue weighted by Crippen LogP contribution is 2.31. The molecule has 0 radical (unpaired) electrons. The number of nitrogens with zero attached hydrogens (tertiary/aromatic N) is 2. The Morgan fingerprint density at radius 2 is 1.85 bits per heavy atom. The molecule has 2 rings (SSSR count). The molecule has 106 valence electrons. The first-order valence-corrected chi connectivity index (χ1v) is 5.89. The molecule has 0 aliphatic heterocycles. The number of hydrogen-bond acceptors (Lipinski definition) is 4. The summed E-state index contributed by atoms with van der Waals surface area (Å²) in [5.74, 6) is -1.66. The van der Waals surface area contributed by atoms with E-state index in [1.54, 1.807) is 0 Å². The van der Waals surface area contributed by atoms with Gasteiger partial charge in [0.15, 0.2) is 5.69 Å². The summed E-state index contributed by atoms with van der Waals surface area (Å²) < 4.78 is 56.1. The van der Waals surface area contributed by atoms with Crippen molar-refractivity contribution in [3.05, 3.63) is 40.2 Å². The van der Waals surface area contributed by atoms with Gasteiger partial charge in [-0.2, -0.15) is 18.2 Å². The lowest BCUT2D eigenvalue weighted by atomic mass is 10.3. The number of halogens is 5. The molecule has 0 fully saturated rings.